The van der Waals surface area contributed by atoms with E-state index in [0.29, 0.717) is 0 Å². The lowest BCUT2D eigenvalue weighted by Gasteiger charge is -2.12. The first-order chi connectivity index (χ1) is 8.61. The van der Waals surface area contributed by atoms with E-state index in [4.69, 9.17) is 10.2 Å². The Morgan fingerprint density at radius 2 is 1.37 bits per heavy atom. The van der Waals surface area contributed by atoms with Crippen molar-refractivity contribution in [2.24, 2.45) is 0 Å². The lowest BCUT2D eigenvalue weighted by molar-refractivity contribution is -0.137. The first-order valence-electron chi connectivity index (χ1n) is 4.37. The molecule has 104 valence electrons. The Hall–Kier alpha value is -2.65. The second-order valence-electron chi connectivity index (χ2n) is 3.05. The summed E-state index contributed by atoms with van der Waals surface area (Å²) in [7, 11) is 0. The van der Waals surface area contributed by atoms with Gasteiger partial charge in [0.25, 0.3) is 0 Å². The Morgan fingerprint density at radius 1 is 1.00 bits per heavy atom. The van der Waals surface area contributed by atoms with Crippen molar-refractivity contribution in [3.63, 3.8) is 0 Å². The molecule has 0 unspecified atom stereocenters. The Kier molecular flexibility index (Phi) is 3.73. The summed E-state index contributed by atoms with van der Waals surface area (Å²) in [6.07, 6.45) is -8.90. The average molecular weight is 282 g/mol. The van der Waals surface area contributed by atoms with Gasteiger partial charge in [-0.3, -0.25) is 0 Å². The van der Waals surface area contributed by atoms with Gasteiger partial charge in [-0.25, -0.2) is 9.59 Å². The van der Waals surface area contributed by atoms with Crippen LogP contribution in [0, 0.1) is 0 Å². The molecular weight excluding hydrogens is 277 g/mol. The molecule has 0 aliphatic rings. The van der Waals surface area contributed by atoms with Crippen molar-refractivity contribution in [3.05, 3.63) is 17.7 Å². The molecule has 0 radical (unpaired) electrons. The van der Waals surface area contributed by atoms with Gasteiger partial charge in [0.05, 0.1) is 5.56 Å². The highest BCUT2D eigenvalue weighted by molar-refractivity contribution is 5.68. The number of phenolic OH excluding ortho intramolecular Hbond substituents is 1. The molecule has 10 heteroatoms. The Labute approximate surface area is 102 Å². The van der Waals surface area contributed by atoms with Crippen molar-refractivity contribution in [2.45, 2.75) is 6.18 Å². The molecule has 0 saturated carbocycles. The van der Waals surface area contributed by atoms with E-state index in [0.717, 1.165) is 0 Å². The van der Waals surface area contributed by atoms with Crippen LogP contribution in [0.3, 0.4) is 0 Å². The summed E-state index contributed by atoms with van der Waals surface area (Å²) in [4.78, 5) is 20.5. The summed E-state index contributed by atoms with van der Waals surface area (Å²) < 4.78 is 45.2. The van der Waals surface area contributed by atoms with Crippen molar-refractivity contribution in [1.82, 2.24) is 0 Å². The van der Waals surface area contributed by atoms with E-state index in [-0.39, 0.29) is 12.1 Å². The van der Waals surface area contributed by atoms with Gasteiger partial charge in [0.15, 0.2) is 11.5 Å². The molecule has 0 spiro atoms. The number of halogens is 3. The maximum absolute atomic E-state index is 12.5. The van der Waals surface area contributed by atoms with E-state index in [1.54, 1.807) is 0 Å². The normalized spacial score (nSPS) is 10.9. The summed E-state index contributed by atoms with van der Waals surface area (Å²) in [5.74, 6) is -3.38. The molecule has 0 saturated heterocycles. The number of rotatable bonds is 2. The van der Waals surface area contributed by atoms with Crippen LogP contribution in [0.4, 0.5) is 22.8 Å². The van der Waals surface area contributed by atoms with Gasteiger partial charge in [-0.1, -0.05) is 0 Å². The van der Waals surface area contributed by atoms with Gasteiger partial charge in [0.2, 0.25) is 5.75 Å². The average Bonchev–Trinajstić information content (AvgIpc) is 2.20. The summed E-state index contributed by atoms with van der Waals surface area (Å²) in [5, 5.41) is 25.9. The zero-order chi connectivity index (χ0) is 14.8. The Morgan fingerprint density at radius 3 is 1.63 bits per heavy atom. The lowest BCUT2D eigenvalue weighted by Crippen LogP contribution is -2.10. The van der Waals surface area contributed by atoms with Crippen LogP contribution < -0.4 is 9.47 Å². The number of hydrogen-bond donors (Lipinski definition) is 3. The highest BCUT2D eigenvalue weighted by Crippen LogP contribution is 2.42. The quantitative estimate of drug-likeness (QED) is 0.564. The van der Waals surface area contributed by atoms with Crippen molar-refractivity contribution < 1.29 is 47.6 Å². The van der Waals surface area contributed by atoms with Crippen LogP contribution in [0.1, 0.15) is 5.56 Å². The smallest absolute Gasteiger partial charge is 0.502 e. The SMILES string of the molecule is O=C(O)Oc1cc(C(F)(F)F)cc(OC(=O)O)c1O. The standard InChI is InChI=1S/C9H5F3O7/c10-9(11,12)3-1-4(18-7(14)15)6(13)5(2-3)19-8(16)17/h1-2,13H,(H,14,15)(H,16,17). The van der Waals surface area contributed by atoms with E-state index >= 15 is 0 Å². The topological polar surface area (TPSA) is 113 Å². The van der Waals surface area contributed by atoms with Crippen LogP contribution in [-0.4, -0.2) is 27.6 Å². The highest BCUT2D eigenvalue weighted by atomic mass is 19.4. The fourth-order valence-electron chi connectivity index (χ4n) is 1.09. The number of carboxylic acid groups (broad SMARTS) is 2. The molecule has 19 heavy (non-hydrogen) atoms. The summed E-state index contributed by atoms with van der Waals surface area (Å²) in [6, 6.07) is 0.385. The molecule has 0 aliphatic carbocycles. The Bertz CT molecular complexity index is 486. The number of benzene rings is 1. The third-order valence-electron chi connectivity index (χ3n) is 1.76. The summed E-state index contributed by atoms with van der Waals surface area (Å²) >= 11 is 0. The summed E-state index contributed by atoms with van der Waals surface area (Å²) in [5.41, 5.74) is -1.45. The number of aromatic hydroxyl groups is 1. The highest BCUT2D eigenvalue weighted by Gasteiger charge is 2.34. The van der Waals surface area contributed by atoms with Gasteiger partial charge in [0, 0.05) is 0 Å². The minimum absolute atomic E-state index is 0.193. The molecule has 0 aromatic heterocycles. The number of alkyl halides is 3. The van der Waals surface area contributed by atoms with Gasteiger partial charge < -0.3 is 24.8 Å². The molecule has 0 heterocycles. The predicted molar refractivity (Wildman–Crippen MR) is 50.4 cm³/mol. The van der Waals surface area contributed by atoms with Crippen LogP contribution >= 0.6 is 0 Å². The van der Waals surface area contributed by atoms with Crippen molar-refractivity contribution in [3.8, 4) is 17.2 Å². The van der Waals surface area contributed by atoms with Crippen molar-refractivity contribution in [1.29, 1.82) is 0 Å². The zero-order valence-electron chi connectivity index (χ0n) is 8.76. The lowest BCUT2D eigenvalue weighted by atomic mass is 10.2. The molecule has 0 atom stereocenters. The first kappa shape index (κ1) is 14.4. The van der Waals surface area contributed by atoms with Crippen LogP contribution in [-0.2, 0) is 6.18 Å². The van der Waals surface area contributed by atoms with Gasteiger partial charge in [-0.05, 0) is 12.1 Å². The molecule has 3 N–H and O–H groups in total. The van der Waals surface area contributed by atoms with Crippen LogP contribution in [0.2, 0.25) is 0 Å². The van der Waals surface area contributed by atoms with Gasteiger partial charge >= 0.3 is 18.5 Å². The third kappa shape index (κ3) is 3.66. The second-order valence-corrected chi connectivity index (χ2v) is 3.05. The molecule has 0 bridgehead atoms. The summed E-state index contributed by atoms with van der Waals surface area (Å²) in [6.45, 7) is 0. The molecule has 0 fully saturated rings. The molecule has 0 amide bonds. The van der Waals surface area contributed by atoms with E-state index < -0.39 is 41.3 Å². The van der Waals surface area contributed by atoms with E-state index in [1.807, 2.05) is 0 Å². The zero-order valence-corrected chi connectivity index (χ0v) is 8.76. The molecule has 7 nitrogen and oxygen atoms in total. The fourth-order valence-corrected chi connectivity index (χ4v) is 1.09. The molecule has 1 aromatic carbocycles. The van der Waals surface area contributed by atoms with E-state index in [1.165, 1.54) is 0 Å². The number of carbonyl (C=O) groups is 2. The molecule has 1 rings (SSSR count). The number of phenols is 1. The van der Waals surface area contributed by atoms with Crippen molar-refractivity contribution in [2.75, 3.05) is 0 Å². The Balaban J connectivity index is 3.37. The number of ether oxygens (including phenoxy) is 2. The third-order valence-corrected chi connectivity index (χ3v) is 1.76. The van der Waals surface area contributed by atoms with Gasteiger partial charge in [-0.15, -0.1) is 0 Å². The van der Waals surface area contributed by atoms with Crippen molar-refractivity contribution >= 4 is 12.3 Å². The minimum atomic E-state index is -4.92. The van der Waals surface area contributed by atoms with Crippen LogP contribution in [0.5, 0.6) is 17.2 Å². The molecular formula is C9H5F3O7. The molecule has 0 aliphatic heterocycles. The van der Waals surface area contributed by atoms with Gasteiger partial charge in [-0.2, -0.15) is 13.2 Å². The monoisotopic (exact) mass is 282 g/mol. The van der Waals surface area contributed by atoms with Crippen LogP contribution in [0.15, 0.2) is 12.1 Å². The predicted octanol–water partition coefficient (Wildman–Crippen LogP) is 2.52. The van der Waals surface area contributed by atoms with E-state index in [9.17, 15) is 27.9 Å². The maximum atomic E-state index is 12.5. The number of hydrogen-bond acceptors (Lipinski definition) is 5. The second kappa shape index (κ2) is 4.92. The maximum Gasteiger partial charge on any atom is 0.511 e. The van der Waals surface area contributed by atoms with E-state index in [2.05, 4.69) is 9.47 Å². The largest absolute Gasteiger partial charge is 0.511 e. The minimum Gasteiger partial charge on any atom is -0.502 e. The van der Waals surface area contributed by atoms with Gasteiger partial charge in [0.1, 0.15) is 0 Å². The first-order valence-corrected chi connectivity index (χ1v) is 4.37. The van der Waals surface area contributed by atoms with Crippen LogP contribution in [0.25, 0.3) is 0 Å². The fraction of sp³-hybridized carbons (Fsp3) is 0.111. The molecule has 1 aromatic rings.